The fourth-order valence-corrected chi connectivity index (χ4v) is 5.12. The molecule has 2 amide bonds. The quantitative estimate of drug-likeness (QED) is 0.715. The summed E-state index contributed by atoms with van der Waals surface area (Å²) in [5, 5.41) is 4.11. The lowest BCUT2D eigenvalue weighted by atomic mass is 9.98. The van der Waals surface area contributed by atoms with Gasteiger partial charge < -0.3 is 15.4 Å². The van der Waals surface area contributed by atoms with Crippen LogP contribution < -0.4 is 10.5 Å². The van der Waals surface area contributed by atoms with E-state index < -0.39 is 5.91 Å². The maximum Gasteiger partial charge on any atom is 0.261 e. The molecule has 1 aliphatic heterocycles. The van der Waals surface area contributed by atoms with Crippen LogP contribution in [0.3, 0.4) is 0 Å². The lowest BCUT2D eigenvalue weighted by Gasteiger charge is -2.35. The zero-order valence-electron chi connectivity index (χ0n) is 14.5. The fraction of sp³-hybridized carbons (Fsp3) is 0.200. The van der Waals surface area contributed by atoms with Gasteiger partial charge in [-0.05, 0) is 47.0 Å². The third-order valence-electron chi connectivity index (χ3n) is 4.60. The van der Waals surface area contributed by atoms with Gasteiger partial charge >= 0.3 is 0 Å². The minimum absolute atomic E-state index is 0.0810. The summed E-state index contributed by atoms with van der Waals surface area (Å²) in [4.78, 5) is 28.9. The number of carbonyl (C=O) groups is 2. The molecule has 0 aliphatic carbocycles. The van der Waals surface area contributed by atoms with Crippen molar-refractivity contribution < 1.29 is 14.3 Å². The van der Waals surface area contributed by atoms with Crippen molar-refractivity contribution in [3.8, 4) is 5.75 Å². The molecule has 7 heteroatoms. The molecule has 3 aromatic rings. The second kappa shape index (κ2) is 7.54. The average molecular weight is 399 g/mol. The van der Waals surface area contributed by atoms with Crippen LogP contribution in [0.25, 0.3) is 0 Å². The van der Waals surface area contributed by atoms with Crippen molar-refractivity contribution >= 4 is 34.5 Å². The van der Waals surface area contributed by atoms with Crippen molar-refractivity contribution in [2.45, 2.75) is 12.5 Å². The first kappa shape index (κ1) is 17.8. The highest BCUT2D eigenvalue weighted by Crippen LogP contribution is 2.39. The van der Waals surface area contributed by atoms with Crippen LogP contribution in [0, 0.1) is 0 Å². The number of carbonyl (C=O) groups excluding carboxylic acids is 2. The Balaban J connectivity index is 1.56. The molecule has 2 aromatic heterocycles. The second-order valence-electron chi connectivity index (χ2n) is 6.20. The van der Waals surface area contributed by atoms with Gasteiger partial charge in [-0.15, -0.1) is 22.7 Å². The van der Waals surface area contributed by atoms with E-state index in [1.165, 1.54) is 10.4 Å². The van der Waals surface area contributed by atoms with Crippen molar-refractivity contribution in [3.05, 3.63) is 74.1 Å². The van der Waals surface area contributed by atoms with E-state index in [-0.39, 0.29) is 24.1 Å². The van der Waals surface area contributed by atoms with Gasteiger partial charge in [-0.3, -0.25) is 9.59 Å². The van der Waals surface area contributed by atoms with Crippen LogP contribution >= 0.6 is 22.7 Å². The third-order valence-corrected chi connectivity index (χ3v) is 6.52. The second-order valence-corrected chi connectivity index (χ2v) is 8.18. The van der Waals surface area contributed by atoms with Crippen LogP contribution in [0.4, 0.5) is 0 Å². The number of fused-ring (bicyclic) bond motifs is 1. The molecule has 3 heterocycles. The third kappa shape index (κ3) is 3.48. The predicted molar refractivity (Wildman–Crippen MR) is 106 cm³/mol. The summed E-state index contributed by atoms with van der Waals surface area (Å²) >= 11 is 3.39. The lowest BCUT2D eigenvalue weighted by molar-refractivity contribution is -0.135. The molecule has 5 nitrogen and oxygen atoms in total. The van der Waals surface area contributed by atoms with Gasteiger partial charge in [-0.25, -0.2) is 0 Å². The topological polar surface area (TPSA) is 72.6 Å². The molecule has 0 saturated heterocycles. The number of nitrogens with two attached hydrogens (primary N) is 1. The smallest absolute Gasteiger partial charge is 0.261 e. The first-order valence-corrected chi connectivity index (χ1v) is 10.3. The van der Waals surface area contributed by atoms with Gasteiger partial charge in [0.05, 0.1) is 11.6 Å². The number of ether oxygens (including phenoxy) is 1. The lowest BCUT2D eigenvalue weighted by Crippen LogP contribution is -2.42. The van der Waals surface area contributed by atoms with Crippen molar-refractivity contribution in [1.29, 1.82) is 0 Å². The number of hydrogen-bond acceptors (Lipinski definition) is 5. The van der Waals surface area contributed by atoms with E-state index in [2.05, 4.69) is 17.5 Å². The average Bonchev–Trinajstić information content (AvgIpc) is 3.37. The number of rotatable bonds is 5. The Bertz CT molecular complexity index is 965. The molecule has 1 atom stereocenters. The van der Waals surface area contributed by atoms with Crippen LogP contribution in [0.1, 0.15) is 31.7 Å². The predicted octanol–water partition coefficient (Wildman–Crippen LogP) is 3.46. The van der Waals surface area contributed by atoms with E-state index in [1.807, 2.05) is 16.3 Å². The number of para-hydroxylation sites is 1. The Morgan fingerprint density at radius 3 is 2.74 bits per heavy atom. The van der Waals surface area contributed by atoms with Crippen LogP contribution in [0.15, 0.2) is 53.2 Å². The molecule has 27 heavy (non-hydrogen) atoms. The highest BCUT2D eigenvalue weighted by atomic mass is 32.1. The number of nitrogens with zero attached hydrogens (tertiary/aromatic N) is 1. The van der Waals surface area contributed by atoms with Gasteiger partial charge in [0, 0.05) is 16.3 Å². The van der Waals surface area contributed by atoms with Crippen LogP contribution in [0.2, 0.25) is 0 Å². The summed E-state index contributed by atoms with van der Waals surface area (Å²) in [6, 6.07) is 12.8. The van der Waals surface area contributed by atoms with E-state index in [0.717, 1.165) is 11.3 Å². The number of primary amides is 1. The maximum atomic E-state index is 13.0. The highest BCUT2D eigenvalue weighted by Gasteiger charge is 2.33. The first-order valence-electron chi connectivity index (χ1n) is 8.56. The van der Waals surface area contributed by atoms with Crippen molar-refractivity contribution in [3.63, 3.8) is 0 Å². The van der Waals surface area contributed by atoms with Crippen LogP contribution in [-0.2, 0) is 11.2 Å². The van der Waals surface area contributed by atoms with Crippen LogP contribution in [0.5, 0.6) is 5.75 Å². The van der Waals surface area contributed by atoms with Crippen molar-refractivity contribution in [1.82, 2.24) is 4.90 Å². The van der Waals surface area contributed by atoms with E-state index in [4.69, 9.17) is 10.5 Å². The van der Waals surface area contributed by atoms with Gasteiger partial charge in [-0.2, -0.15) is 0 Å². The molecule has 0 spiro atoms. The van der Waals surface area contributed by atoms with Crippen molar-refractivity contribution in [2.24, 2.45) is 5.73 Å². The Morgan fingerprint density at radius 2 is 1.96 bits per heavy atom. The Morgan fingerprint density at radius 1 is 1.11 bits per heavy atom. The summed E-state index contributed by atoms with van der Waals surface area (Å²) in [5.41, 5.74) is 6.85. The largest absolute Gasteiger partial charge is 0.483 e. The summed E-state index contributed by atoms with van der Waals surface area (Å²) < 4.78 is 5.66. The maximum absolute atomic E-state index is 13.0. The highest BCUT2D eigenvalue weighted by molar-refractivity contribution is 7.10. The summed E-state index contributed by atoms with van der Waals surface area (Å²) in [6.07, 6.45) is 0.846. The van der Waals surface area contributed by atoms with Gasteiger partial charge in [0.25, 0.3) is 11.8 Å². The van der Waals surface area contributed by atoms with Crippen LogP contribution in [-0.4, -0.2) is 29.9 Å². The first-order chi connectivity index (χ1) is 13.1. The van der Waals surface area contributed by atoms with Gasteiger partial charge in [0.15, 0.2) is 6.61 Å². The van der Waals surface area contributed by atoms with E-state index >= 15 is 0 Å². The Labute approximate surface area is 165 Å². The summed E-state index contributed by atoms with van der Waals surface area (Å²) in [6.45, 7) is 0.515. The molecule has 4 rings (SSSR count). The standard InChI is InChI=1S/C20H18N2O3S2/c21-20(24)13-4-1-2-5-15(13)25-12-18(23)22-9-7-16-14(8-11-27-16)19(22)17-6-3-10-26-17/h1-6,8,10-11,19H,7,9,12H2,(H2,21,24)/t19-/m0/s1. The van der Waals surface area contributed by atoms with E-state index in [0.29, 0.717) is 12.3 Å². The molecule has 0 bridgehead atoms. The molecule has 1 aliphatic rings. The molecule has 1 aromatic carbocycles. The summed E-state index contributed by atoms with van der Waals surface area (Å²) in [5.74, 6) is -0.348. The normalized spacial score (nSPS) is 16.0. The monoisotopic (exact) mass is 398 g/mol. The van der Waals surface area contributed by atoms with E-state index in [9.17, 15) is 9.59 Å². The fourth-order valence-electron chi connectivity index (χ4n) is 3.36. The van der Waals surface area contributed by atoms with Gasteiger partial charge in [0.1, 0.15) is 5.75 Å². The van der Waals surface area contributed by atoms with E-state index in [1.54, 1.807) is 46.9 Å². The molecular weight excluding hydrogens is 380 g/mol. The zero-order chi connectivity index (χ0) is 18.8. The molecule has 138 valence electrons. The number of hydrogen-bond donors (Lipinski definition) is 1. The molecule has 0 unspecified atom stereocenters. The number of thiophene rings is 2. The molecular formula is C20H18N2O3S2. The number of benzene rings is 1. The molecule has 0 saturated carbocycles. The molecule has 0 fully saturated rings. The SMILES string of the molecule is NC(=O)c1ccccc1OCC(=O)N1CCc2sccc2[C@H]1c1cccs1. The minimum Gasteiger partial charge on any atom is -0.483 e. The Kier molecular flexibility index (Phi) is 4.96. The summed E-state index contributed by atoms with van der Waals surface area (Å²) in [7, 11) is 0. The minimum atomic E-state index is -0.574. The van der Waals surface area contributed by atoms with Gasteiger partial charge in [0.2, 0.25) is 0 Å². The molecule has 0 radical (unpaired) electrons. The molecule has 2 N–H and O–H groups in total. The zero-order valence-corrected chi connectivity index (χ0v) is 16.1. The van der Waals surface area contributed by atoms with Crippen molar-refractivity contribution in [2.75, 3.05) is 13.2 Å². The number of amides is 2. The Hall–Kier alpha value is -2.64. The van der Waals surface area contributed by atoms with Gasteiger partial charge in [-0.1, -0.05) is 18.2 Å².